The predicted molar refractivity (Wildman–Crippen MR) is 103 cm³/mol. The molecule has 1 fully saturated rings. The summed E-state index contributed by atoms with van der Waals surface area (Å²) in [6.07, 6.45) is 0.432. The fourth-order valence-corrected chi connectivity index (χ4v) is 3.92. The summed E-state index contributed by atoms with van der Waals surface area (Å²) in [6, 6.07) is 5.34. The summed E-state index contributed by atoms with van der Waals surface area (Å²) >= 11 is 24.4. The van der Waals surface area contributed by atoms with Gasteiger partial charge >= 0.3 is 0 Å². The Bertz CT molecular complexity index is 862. The van der Waals surface area contributed by atoms with Gasteiger partial charge < -0.3 is 5.32 Å². The molecule has 1 saturated carbocycles. The smallest absolute Gasteiger partial charge is 0.233 e. The van der Waals surface area contributed by atoms with Crippen molar-refractivity contribution in [2.75, 3.05) is 5.32 Å². The van der Waals surface area contributed by atoms with Gasteiger partial charge in [-0.3, -0.25) is 9.48 Å². The van der Waals surface area contributed by atoms with E-state index in [4.69, 9.17) is 46.4 Å². The number of nitrogens with zero attached hydrogens (tertiary/aromatic N) is 2. The van der Waals surface area contributed by atoms with Crippen molar-refractivity contribution < 1.29 is 4.79 Å². The molecule has 1 heterocycles. The first-order valence-corrected chi connectivity index (χ1v) is 9.23. The Hall–Kier alpha value is -0.940. The maximum atomic E-state index is 12.5. The first kappa shape index (κ1) is 18.8. The summed E-state index contributed by atoms with van der Waals surface area (Å²) in [5, 5.41) is 8.58. The van der Waals surface area contributed by atoms with Gasteiger partial charge in [-0.2, -0.15) is 5.10 Å². The normalized spacial score (nSPS) is 21.2. The van der Waals surface area contributed by atoms with E-state index in [9.17, 15) is 4.79 Å². The molecule has 1 aliphatic rings. The summed E-state index contributed by atoms with van der Waals surface area (Å²) in [5.41, 5.74) is 2.33. The molecule has 0 radical (unpaired) electrons. The van der Waals surface area contributed by atoms with Gasteiger partial charge in [0.15, 0.2) is 0 Å². The maximum absolute atomic E-state index is 12.5. The molecule has 0 spiro atoms. The first-order chi connectivity index (χ1) is 11.5. The highest BCUT2D eigenvalue weighted by Crippen LogP contribution is 2.64. The Labute approximate surface area is 166 Å². The van der Waals surface area contributed by atoms with Crippen molar-refractivity contribution in [3.05, 3.63) is 45.2 Å². The van der Waals surface area contributed by atoms with Crippen LogP contribution in [0.15, 0.2) is 18.2 Å². The molecule has 1 aliphatic carbocycles. The van der Waals surface area contributed by atoms with Crippen molar-refractivity contribution in [2.45, 2.75) is 38.1 Å². The fraction of sp³-hybridized carbons (Fsp3) is 0.412. The van der Waals surface area contributed by atoms with Crippen LogP contribution in [-0.4, -0.2) is 20.0 Å². The van der Waals surface area contributed by atoms with Gasteiger partial charge in [-0.1, -0.05) is 29.3 Å². The molecule has 0 aliphatic heterocycles. The number of alkyl halides is 2. The van der Waals surface area contributed by atoms with Crippen LogP contribution in [0.5, 0.6) is 0 Å². The summed E-state index contributed by atoms with van der Waals surface area (Å²) in [4.78, 5) is 12.5. The molecule has 8 heteroatoms. The zero-order valence-electron chi connectivity index (χ0n) is 14.0. The number of nitrogens with one attached hydrogen (secondary N) is 1. The van der Waals surface area contributed by atoms with Gasteiger partial charge in [0.2, 0.25) is 5.91 Å². The van der Waals surface area contributed by atoms with E-state index in [0.29, 0.717) is 28.7 Å². The molecule has 0 saturated heterocycles. The van der Waals surface area contributed by atoms with E-state index in [2.05, 4.69) is 10.4 Å². The number of anilines is 1. The molecular weight excluding hydrogens is 404 g/mol. The Balaban J connectivity index is 1.83. The summed E-state index contributed by atoms with van der Waals surface area (Å²) in [5.74, 6) is -0.201. The highest BCUT2D eigenvalue weighted by atomic mass is 35.5. The number of halogens is 4. The van der Waals surface area contributed by atoms with Crippen LogP contribution in [0, 0.1) is 19.3 Å². The zero-order valence-corrected chi connectivity index (χ0v) is 17.0. The van der Waals surface area contributed by atoms with Crippen LogP contribution in [0.2, 0.25) is 10.0 Å². The third kappa shape index (κ3) is 3.37. The number of amides is 1. The van der Waals surface area contributed by atoms with Gasteiger partial charge in [-0.25, -0.2) is 0 Å². The highest BCUT2D eigenvalue weighted by Gasteiger charge is 2.68. The molecule has 4 nitrogen and oxygen atoms in total. The van der Waals surface area contributed by atoms with E-state index < -0.39 is 9.75 Å². The summed E-state index contributed by atoms with van der Waals surface area (Å²) < 4.78 is 0.787. The van der Waals surface area contributed by atoms with E-state index in [0.717, 1.165) is 17.0 Å². The molecule has 25 heavy (non-hydrogen) atoms. The second kappa shape index (κ2) is 6.34. The second-order valence-electron chi connectivity index (χ2n) is 6.61. The third-order valence-corrected chi connectivity index (χ3v) is 6.40. The van der Waals surface area contributed by atoms with E-state index in [-0.39, 0.29) is 5.91 Å². The minimum Gasteiger partial charge on any atom is -0.322 e. The van der Waals surface area contributed by atoms with Crippen LogP contribution in [0.4, 0.5) is 5.69 Å². The monoisotopic (exact) mass is 419 g/mol. The van der Waals surface area contributed by atoms with E-state index >= 15 is 0 Å². The Morgan fingerprint density at radius 2 is 1.96 bits per heavy atom. The Morgan fingerprint density at radius 3 is 2.52 bits per heavy atom. The molecule has 1 aromatic carbocycles. The number of rotatable bonds is 4. The van der Waals surface area contributed by atoms with Crippen LogP contribution < -0.4 is 5.32 Å². The van der Waals surface area contributed by atoms with Gasteiger partial charge in [-0.15, -0.1) is 23.2 Å². The largest absolute Gasteiger partial charge is 0.322 e. The first-order valence-electron chi connectivity index (χ1n) is 7.72. The fourth-order valence-electron chi connectivity index (χ4n) is 2.74. The predicted octanol–water partition coefficient (Wildman–Crippen LogP) is 5.38. The van der Waals surface area contributed by atoms with E-state index in [1.807, 2.05) is 19.9 Å². The van der Waals surface area contributed by atoms with Crippen LogP contribution >= 0.6 is 46.4 Å². The number of benzene rings is 1. The second-order valence-corrected chi connectivity index (χ2v) is 8.93. The number of aryl methyl sites for hydroxylation is 1. The van der Waals surface area contributed by atoms with Crippen molar-refractivity contribution in [2.24, 2.45) is 5.41 Å². The van der Waals surface area contributed by atoms with Crippen LogP contribution in [0.25, 0.3) is 0 Å². The lowest BCUT2D eigenvalue weighted by molar-refractivity contribution is -0.120. The number of carbonyl (C=O) groups is 1. The molecule has 1 aromatic heterocycles. The zero-order chi connectivity index (χ0) is 18.6. The van der Waals surface area contributed by atoms with E-state index in [1.54, 1.807) is 23.7 Å². The third-order valence-electron chi connectivity index (χ3n) is 4.71. The minimum absolute atomic E-state index is 0.201. The lowest BCUT2D eigenvalue weighted by atomic mass is 10.1. The SMILES string of the molecule is Cc1nn(Cc2ccc(Cl)cc2Cl)c(C)c1NC(=O)[C@@]1(C)CC1(Cl)Cl. The number of aromatic nitrogens is 2. The molecule has 3 rings (SSSR count). The lowest BCUT2D eigenvalue weighted by Crippen LogP contribution is -2.26. The molecule has 2 aromatic rings. The van der Waals surface area contributed by atoms with Gasteiger partial charge in [0.1, 0.15) is 4.33 Å². The molecule has 0 bridgehead atoms. The Kier molecular flexibility index (Phi) is 4.78. The number of hydrogen-bond donors (Lipinski definition) is 1. The van der Waals surface area contributed by atoms with Gasteiger partial charge in [-0.05, 0) is 44.9 Å². The molecule has 1 amide bonds. The number of hydrogen-bond acceptors (Lipinski definition) is 2. The Morgan fingerprint density at radius 1 is 1.32 bits per heavy atom. The summed E-state index contributed by atoms with van der Waals surface area (Å²) in [7, 11) is 0. The van der Waals surface area contributed by atoms with E-state index in [1.165, 1.54) is 0 Å². The van der Waals surface area contributed by atoms with Crippen LogP contribution in [-0.2, 0) is 11.3 Å². The van der Waals surface area contributed by atoms with Crippen molar-refractivity contribution in [3.63, 3.8) is 0 Å². The quantitative estimate of drug-likeness (QED) is 0.675. The van der Waals surface area contributed by atoms with Gasteiger partial charge in [0.25, 0.3) is 0 Å². The molecule has 0 unspecified atom stereocenters. The highest BCUT2D eigenvalue weighted by molar-refractivity contribution is 6.53. The van der Waals surface area contributed by atoms with Crippen molar-refractivity contribution in [3.8, 4) is 0 Å². The van der Waals surface area contributed by atoms with Crippen LogP contribution in [0.1, 0.15) is 30.3 Å². The van der Waals surface area contributed by atoms with Crippen molar-refractivity contribution in [1.29, 1.82) is 0 Å². The molecule has 1 N–H and O–H groups in total. The average Bonchev–Trinajstić information content (AvgIpc) is 2.93. The maximum Gasteiger partial charge on any atom is 0.233 e. The minimum atomic E-state index is -1.01. The van der Waals surface area contributed by atoms with Crippen molar-refractivity contribution in [1.82, 2.24) is 9.78 Å². The lowest BCUT2D eigenvalue weighted by Gasteiger charge is -2.13. The standard InChI is InChI=1S/C17H17Cl4N3O/c1-9-14(22-15(25)16(3)8-17(16,20)21)10(2)24(23-9)7-11-4-5-12(18)6-13(11)19/h4-6H,7-8H2,1-3H3,(H,22,25)/t16-/m1/s1. The average molecular weight is 421 g/mol. The topological polar surface area (TPSA) is 46.9 Å². The van der Waals surface area contributed by atoms with Crippen LogP contribution in [0.3, 0.4) is 0 Å². The van der Waals surface area contributed by atoms with Gasteiger partial charge in [0, 0.05) is 10.0 Å². The molecule has 1 atom stereocenters. The molecular formula is C17H17Cl4N3O. The summed E-state index contributed by atoms with van der Waals surface area (Å²) in [6.45, 7) is 5.96. The van der Waals surface area contributed by atoms with Gasteiger partial charge in [0.05, 0.1) is 29.0 Å². The van der Waals surface area contributed by atoms with Crippen molar-refractivity contribution >= 4 is 58.0 Å². The molecule has 134 valence electrons. The number of carbonyl (C=O) groups excluding carboxylic acids is 1.